The maximum Gasteiger partial charge on any atom is 0.336 e. The molecule has 0 aliphatic carbocycles. The van der Waals surface area contributed by atoms with Gasteiger partial charge in [-0.05, 0) is 29.7 Å². The van der Waals surface area contributed by atoms with Gasteiger partial charge in [-0.3, -0.25) is 4.79 Å². The van der Waals surface area contributed by atoms with Crippen LogP contribution in [0.1, 0.15) is 31.9 Å². The van der Waals surface area contributed by atoms with Crippen molar-refractivity contribution in [1.29, 1.82) is 0 Å². The molecule has 0 saturated heterocycles. The SMILES string of the molecule is C=C(COC(=O)CC(C)C)[C@H](O)[C@H](O)c1c(OC)ccc2ccc(=O)oc12. The molecule has 27 heavy (non-hydrogen) atoms. The molecule has 0 bridgehead atoms. The number of esters is 1. The number of aliphatic hydroxyl groups excluding tert-OH is 2. The summed E-state index contributed by atoms with van der Waals surface area (Å²) in [5.41, 5.74) is -0.259. The van der Waals surface area contributed by atoms with E-state index in [0.29, 0.717) is 5.39 Å². The first kappa shape index (κ1) is 20.7. The lowest BCUT2D eigenvalue weighted by Gasteiger charge is -2.22. The quantitative estimate of drug-likeness (QED) is 0.414. The van der Waals surface area contributed by atoms with Crippen molar-refractivity contribution in [3.8, 4) is 5.75 Å². The summed E-state index contributed by atoms with van der Waals surface area (Å²) < 4.78 is 15.5. The molecular weight excluding hydrogens is 352 g/mol. The maximum atomic E-state index is 11.7. The summed E-state index contributed by atoms with van der Waals surface area (Å²) in [5, 5.41) is 21.7. The van der Waals surface area contributed by atoms with Crippen LogP contribution in [0.2, 0.25) is 0 Å². The lowest BCUT2D eigenvalue weighted by atomic mass is 9.96. The van der Waals surface area contributed by atoms with E-state index in [1.165, 1.54) is 13.2 Å². The van der Waals surface area contributed by atoms with Crippen LogP contribution in [0.15, 0.2) is 45.6 Å². The third-order valence-electron chi connectivity index (χ3n) is 4.01. The first-order chi connectivity index (χ1) is 12.7. The number of carbonyl (C=O) groups excluding carboxylic acids is 1. The van der Waals surface area contributed by atoms with Crippen molar-refractivity contribution < 1.29 is 28.9 Å². The predicted molar refractivity (Wildman–Crippen MR) is 99.6 cm³/mol. The Hall–Kier alpha value is -2.64. The molecule has 0 unspecified atom stereocenters. The number of ether oxygens (including phenoxy) is 2. The van der Waals surface area contributed by atoms with Crippen LogP contribution >= 0.6 is 0 Å². The largest absolute Gasteiger partial charge is 0.496 e. The second kappa shape index (κ2) is 8.83. The number of carbonyl (C=O) groups is 1. The van der Waals surface area contributed by atoms with Crippen molar-refractivity contribution in [3.05, 3.63) is 52.4 Å². The van der Waals surface area contributed by atoms with Gasteiger partial charge in [0.1, 0.15) is 30.1 Å². The summed E-state index contributed by atoms with van der Waals surface area (Å²) >= 11 is 0. The van der Waals surface area contributed by atoms with E-state index in [1.807, 2.05) is 13.8 Å². The highest BCUT2D eigenvalue weighted by atomic mass is 16.5. The molecule has 0 amide bonds. The minimum absolute atomic E-state index is 0.108. The average Bonchev–Trinajstić information content (AvgIpc) is 2.63. The summed E-state index contributed by atoms with van der Waals surface area (Å²) in [5.74, 6) is -0.0290. The highest BCUT2D eigenvalue weighted by Gasteiger charge is 2.28. The zero-order valence-corrected chi connectivity index (χ0v) is 15.6. The lowest BCUT2D eigenvalue weighted by molar-refractivity contribution is -0.143. The summed E-state index contributed by atoms with van der Waals surface area (Å²) in [4.78, 5) is 23.3. The Labute approximate surface area is 156 Å². The van der Waals surface area contributed by atoms with Gasteiger partial charge in [0.05, 0.1) is 12.7 Å². The van der Waals surface area contributed by atoms with Crippen LogP contribution in [0.4, 0.5) is 0 Å². The Balaban J connectivity index is 2.26. The Morgan fingerprint density at radius 2 is 1.89 bits per heavy atom. The summed E-state index contributed by atoms with van der Waals surface area (Å²) in [6, 6.07) is 6.07. The maximum absolute atomic E-state index is 11.7. The molecule has 2 aromatic rings. The minimum Gasteiger partial charge on any atom is -0.496 e. The fourth-order valence-corrected chi connectivity index (χ4v) is 2.63. The molecule has 7 heteroatoms. The van der Waals surface area contributed by atoms with E-state index in [0.717, 1.165) is 0 Å². The van der Waals surface area contributed by atoms with Crippen LogP contribution in [0.5, 0.6) is 5.75 Å². The topological polar surface area (TPSA) is 106 Å². The van der Waals surface area contributed by atoms with Crippen molar-refractivity contribution in [1.82, 2.24) is 0 Å². The van der Waals surface area contributed by atoms with E-state index in [2.05, 4.69) is 6.58 Å². The predicted octanol–water partition coefficient (Wildman–Crippen LogP) is 2.34. The molecule has 0 aliphatic rings. The molecule has 0 fully saturated rings. The number of hydrogen-bond acceptors (Lipinski definition) is 7. The van der Waals surface area contributed by atoms with E-state index < -0.39 is 23.8 Å². The second-order valence-corrected chi connectivity index (χ2v) is 6.66. The minimum atomic E-state index is -1.49. The zero-order valence-electron chi connectivity index (χ0n) is 15.6. The summed E-state index contributed by atoms with van der Waals surface area (Å²) in [6.45, 7) is 7.22. The van der Waals surface area contributed by atoms with Crippen LogP contribution in [-0.4, -0.2) is 36.0 Å². The zero-order chi connectivity index (χ0) is 20.1. The molecule has 1 aromatic carbocycles. The van der Waals surface area contributed by atoms with Gasteiger partial charge in [0.25, 0.3) is 0 Å². The molecule has 2 atom stereocenters. The Morgan fingerprint density at radius 1 is 1.22 bits per heavy atom. The van der Waals surface area contributed by atoms with Crippen molar-refractivity contribution in [2.75, 3.05) is 13.7 Å². The van der Waals surface area contributed by atoms with Gasteiger partial charge < -0.3 is 24.1 Å². The van der Waals surface area contributed by atoms with Gasteiger partial charge in [0.2, 0.25) is 0 Å². The van der Waals surface area contributed by atoms with E-state index in [-0.39, 0.29) is 41.4 Å². The molecule has 0 spiro atoms. The number of fused-ring (bicyclic) bond motifs is 1. The van der Waals surface area contributed by atoms with Crippen molar-refractivity contribution in [2.24, 2.45) is 5.92 Å². The number of hydrogen-bond donors (Lipinski definition) is 2. The molecule has 2 rings (SSSR count). The fourth-order valence-electron chi connectivity index (χ4n) is 2.63. The van der Waals surface area contributed by atoms with Gasteiger partial charge in [-0.1, -0.05) is 20.4 Å². The summed E-state index contributed by atoms with van der Waals surface area (Å²) in [7, 11) is 1.40. The molecule has 0 radical (unpaired) electrons. The highest BCUT2D eigenvalue weighted by molar-refractivity contribution is 5.82. The van der Waals surface area contributed by atoms with Crippen molar-refractivity contribution in [3.63, 3.8) is 0 Å². The van der Waals surface area contributed by atoms with Crippen molar-refractivity contribution >= 4 is 16.9 Å². The number of aliphatic hydroxyl groups is 2. The number of rotatable bonds is 8. The molecule has 146 valence electrons. The highest BCUT2D eigenvalue weighted by Crippen LogP contribution is 2.35. The van der Waals surface area contributed by atoms with Gasteiger partial charge in [0, 0.05) is 17.9 Å². The van der Waals surface area contributed by atoms with Crippen molar-refractivity contribution in [2.45, 2.75) is 32.5 Å². The fraction of sp³-hybridized carbons (Fsp3) is 0.400. The van der Waals surface area contributed by atoms with Gasteiger partial charge in [-0.15, -0.1) is 0 Å². The van der Waals surface area contributed by atoms with Gasteiger partial charge >= 0.3 is 11.6 Å². The molecular formula is C20H24O7. The average molecular weight is 376 g/mol. The Kier molecular flexibility index (Phi) is 6.76. The van der Waals surface area contributed by atoms with E-state index in [4.69, 9.17) is 13.9 Å². The third kappa shape index (κ3) is 4.96. The van der Waals surface area contributed by atoms with Crippen LogP contribution in [0, 0.1) is 5.92 Å². The molecule has 2 N–H and O–H groups in total. The smallest absolute Gasteiger partial charge is 0.336 e. The number of methoxy groups -OCH3 is 1. The number of benzene rings is 1. The van der Waals surface area contributed by atoms with E-state index in [1.54, 1.807) is 18.2 Å². The van der Waals surface area contributed by atoms with Gasteiger partial charge in [0.15, 0.2) is 0 Å². The van der Waals surface area contributed by atoms with Crippen LogP contribution < -0.4 is 10.4 Å². The standard InChI is InChI=1S/C20H24O7/c1-11(2)9-16(22)26-10-12(3)18(23)19(24)17-14(25-4)7-5-13-6-8-15(21)27-20(13)17/h5-8,11,18-19,23-24H,3,9-10H2,1-2,4H3/t18-,19+/m0/s1. The van der Waals surface area contributed by atoms with E-state index in [9.17, 15) is 19.8 Å². The molecule has 7 nitrogen and oxygen atoms in total. The van der Waals surface area contributed by atoms with Crippen LogP contribution in [-0.2, 0) is 9.53 Å². The Bertz CT molecular complexity index is 882. The molecule has 0 saturated carbocycles. The van der Waals surface area contributed by atoms with Gasteiger partial charge in [-0.25, -0.2) is 4.79 Å². The monoisotopic (exact) mass is 376 g/mol. The second-order valence-electron chi connectivity index (χ2n) is 6.66. The van der Waals surface area contributed by atoms with Crippen LogP contribution in [0.3, 0.4) is 0 Å². The van der Waals surface area contributed by atoms with Crippen LogP contribution in [0.25, 0.3) is 11.0 Å². The van der Waals surface area contributed by atoms with E-state index >= 15 is 0 Å². The third-order valence-corrected chi connectivity index (χ3v) is 4.01. The molecule has 1 aromatic heterocycles. The Morgan fingerprint density at radius 3 is 2.52 bits per heavy atom. The lowest BCUT2D eigenvalue weighted by Crippen LogP contribution is -2.24. The normalized spacial score (nSPS) is 13.4. The summed E-state index contributed by atoms with van der Waals surface area (Å²) in [6.07, 6.45) is -2.71. The molecule has 1 heterocycles. The van der Waals surface area contributed by atoms with Gasteiger partial charge in [-0.2, -0.15) is 0 Å². The first-order valence-corrected chi connectivity index (χ1v) is 8.54. The first-order valence-electron chi connectivity index (χ1n) is 8.54. The molecule has 0 aliphatic heterocycles.